The van der Waals surface area contributed by atoms with Crippen molar-refractivity contribution in [2.24, 2.45) is 5.92 Å². The highest BCUT2D eigenvalue weighted by molar-refractivity contribution is 5.98. The average molecular weight is 531 g/mol. The van der Waals surface area contributed by atoms with Gasteiger partial charge in [-0.05, 0) is 51.3 Å². The fourth-order valence-corrected chi connectivity index (χ4v) is 4.35. The summed E-state index contributed by atoms with van der Waals surface area (Å²) in [5.74, 6) is -5.19. The smallest absolute Gasteiger partial charge is 0.410 e. The van der Waals surface area contributed by atoms with Crippen molar-refractivity contribution in [3.8, 4) is 0 Å². The molecule has 206 valence electrons. The normalized spacial score (nSPS) is 17.9. The molecular formula is C28H36F2N4O4. The van der Waals surface area contributed by atoms with Crippen LogP contribution in [0.25, 0.3) is 0 Å². The Morgan fingerprint density at radius 1 is 1.16 bits per heavy atom. The molecule has 2 aromatic rings. The maximum Gasteiger partial charge on any atom is 0.410 e. The number of pyridine rings is 1. The van der Waals surface area contributed by atoms with Crippen LogP contribution in [0, 0.1) is 5.92 Å². The SMILES string of the molecule is CNC(=O)c1cc(C(=O)NCCC2CCN(C(=O)OC(C)(C)C)CC2(F)F)cc(C(C)c2ccccc2)n1. The van der Waals surface area contributed by atoms with Crippen molar-refractivity contribution in [2.75, 3.05) is 26.7 Å². The minimum absolute atomic E-state index is 0.0206. The molecule has 38 heavy (non-hydrogen) atoms. The van der Waals surface area contributed by atoms with Gasteiger partial charge in [0.05, 0.1) is 6.54 Å². The Bertz CT molecular complexity index is 1150. The summed E-state index contributed by atoms with van der Waals surface area (Å²) in [7, 11) is 1.48. The van der Waals surface area contributed by atoms with Crippen molar-refractivity contribution in [3.63, 3.8) is 0 Å². The molecule has 2 unspecified atom stereocenters. The summed E-state index contributed by atoms with van der Waals surface area (Å²) in [4.78, 5) is 43.0. The van der Waals surface area contributed by atoms with Gasteiger partial charge in [-0.25, -0.2) is 18.6 Å². The lowest BCUT2D eigenvalue weighted by Crippen LogP contribution is -2.52. The summed E-state index contributed by atoms with van der Waals surface area (Å²) in [6.45, 7) is 6.44. The number of halogens is 2. The second kappa shape index (κ2) is 11.9. The van der Waals surface area contributed by atoms with Gasteiger partial charge >= 0.3 is 6.09 Å². The zero-order valence-corrected chi connectivity index (χ0v) is 22.5. The van der Waals surface area contributed by atoms with Crippen LogP contribution in [0.15, 0.2) is 42.5 Å². The summed E-state index contributed by atoms with van der Waals surface area (Å²) >= 11 is 0. The van der Waals surface area contributed by atoms with E-state index >= 15 is 0 Å². The first-order valence-corrected chi connectivity index (χ1v) is 12.7. The average Bonchev–Trinajstić information content (AvgIpc) is 2.87. The van der Waals surface area contributed by atoms with Crippen LogP contribution in [0.2, 0.25) is 0 Å². The van der Waals surface area contributed by atoms with E-state index in [1.165, 1.54) is 13.1 Å². The molecular weight excluding hydrogens is 494 g/mol. The number of carbonyl (C=O) groups excluding carboxylic acids is 3. The highest BCUT2D eigenvalue weighted by atomic mass is 19.3. The molecule has 1 aliphatic rings. The molecule has 1 aliphatic heterocycles. The van der Waals surface area contributed by atoms with Gasteiger partial charge in [-0.2, -0.15) is 0 Å². The van der Waals surface area contributed by atoms with Gasteiger partial charge in [-0.3, -0.25) is 9.59 Å². The molecule has 3 rings (SSSR count). The van der Waals surface area contributed by atoms with Gasteiger partial charge in [0.25, 0.3) is 17.7 Å². The van der Waals surface area contributed by atoms with Crippen molar-refractivity contribution in [2.45, 2.75) is 58.0 Å². The van der Waals surface area contributed by atoms with Crippen molar-refractivity contribution >= 4 is 17.9 Å². The second-order valence-electron chi connectivity index (χ2n) is 10.6. The van der Waals surface area contributed by atoms with E-state index in [1.54, 1.807) is 26.8 Å². The summed E-state index contributed by atoms with van der Waals surface area (Å²) in [6, 6.07) is 12.6. The van der Waals surface area contributed by atoms with Crippen molar-refractivity contribution < 1.29 is 27.9 Å². The molecule has 0 radical (unpaired) electrons. The molecule has 0 saturated carbocycles. The standard InChI is InChI=1S/C28H36F2N4O4/c1-18(19-9-7-6-8-10-19)22-15-20(16-23(33-22)25(36)31-5)24(35)32-13-11-21-12-14-34(17-28(21,29)30)26(37)38-27(2,3)4/h6-10,15-16,18,21H,11-14,17H2,1-5H3,(H,31,36)(H,32,35). The number of aromatic nitrogens is 1. The lowest BCUT2D eigenvalue weighted by Gasteiger charge is -2.38. The van der Waals surface area contributed by atoms with Crippen LogP contribution in [0.4, 0.5) is 13.6 Å². The van der Waals surface area contributed by atoms with E-state index in [4.69, 9.17) is 4.74 Å². The van der Waals surface area contributed by atoms with Crippen LogP contribution in [-0.2, 0) is 4.74 Å². The zero-order chi connectivity index (χ0) is 28.1. The number of likely N-dealkylation sites (tertiary alicyclic amines) is 1. The highest BCUT2D eigenvalue weighted by Crippen LogP contribution is 2.35. The summed E-state index contributed by atoms with van der Waals surface area (Å²) < 4.78 is 34.9. The third-order valence-electron chi connectivity index (χ3n) is 6.49. The number of nitrogens with zero attached hydrogens (tertiary/aromatic N) is 2. The Kier molecular flexibility index (Phi) is 9.06. The predicted octanol–water partition coefficient (Wildman–Crippen LogP) is 4.61. The fraction of sp³-hybridized carbons (Fsp3) is 0.500. The maximum absolute atomic E-state index is 14.8. The molecule has 2 heterocycles. The number of hydrogen-bond acceptors (Lipinski definition) is 5. The van der Waals surface area contributed by atoms with Crippen LogP contribution in [-0.4, -0.2) is 66.0 Å². The van der Waals surface area contributed by atoms with E-state index in [-0.39, 0.29) is 43.1 Å². The van der Waals surface area contributed by atoms with E-state index in [0.717, 1.165) is 10.5 Å². The van der Waals surface area contributed by atoms with E-state index in [1.807, 2.05) is 37.3 Å². The van der Waals surface area contributed by atoms with Crippen molar-refractivity contribution in [1.29, 1.82) is 0 Å². The molecule has 2 atom stereocenters. The largest absolute Gasteiger partial charge is 0.444 e. The third kappa shape index (κ3) is 7.49. The first kappa shape index (κ1) is 29.0. The van der Waals surface area contributed by atoms with Crippen LogP contribution < -0.4 is 10.6 Å². The lowest BCUT2D eigenvalue weighted by atomic mass is 9.90. The maximum atomic E-state index is 14.8. The first-order valence-electron chi connectivity index (χ1n) is 12.7. The van der Waals surface area contributed by atoms with Gasteiger partial charge in [0.2, 0.25) is 0 Å². The van der Waals surface area contributed by atoms with Crippen LogP contribution in [0.5, 0.6) is 0 Å². The molecule has 1 aromatic carbocycles. The van der Waals surface area contributed by atoms with E-state index in [9.17, 15) is 23.2 Å². The Balaban J connectivity index is 1.66. The minimum atomic E-state index is -3.11. The minimum Gasteiger partial charge on any atom is -0.444 e. The molecule has 2 N–H and O–H groups in total. The number of rotatable bonds is 7. The summed E-state index contributed by atoms with van der Waals surface area (Å²) in [5.41, 5.74) is 1.07. The number of nitrogens with one attached hydrogen (secondary N) is 2. The number of ether oxygens (including phenoxy) is 1. The molecule has 0 spiro atoms. The van der Waals surface area contributed by atoms with Crippen molar-refractivity contribution in [1.82, 2.24) is 20.5 Å². The summed E-state index contributed by atoms with van der Waals surface area (Å²) in [6.07, 6.45) is -0.618. The molecule has 0 aliphatic carbocycles. The van der Waals surface area contributed by atoms with Gasteiger partial charge in [0.15, 0.2) is 0 Å². The number of amides is 3. The second-order valence-corrected chi connectivity index (χ2v) is 10.6. The van der Waals surface area contributed by atoms with E-state index < -0.39 is 41.9 Å². The number of carbonyl (C=O) groups is 3. The van der Waals surface area contributed by atoms with Crippen LogP contribution in [0.3, 0.4) is 0 Å². The molecule has 8 nitrogen and oxygen atoms in total. The Labute approximate surface area is 222 Å². The molecule has 1 saturated heterocycles. The molecule has 10 heteroatoms. The van der Waals surface area contributed by atoms with Gasteiger partial charge in [0, 0.05) is 43.2 Å². The molecule has 0 bridgehead atoms. The number of benzene rings is 1. The molecule has 3 amide bonds. The van der Waals surface area contributed by atoms with Gasteiger partial charge in [-0.15, -0.1) is 0 Å². The van der Waals surface area contributed by atoms with Gasteiger partial charge < -0.3 is 20.3 Å². The van der Waals surface area contributed by atoms with Gasteiger partial charge in [-0.1, -0.05) is 37.3 Å². The third-order valence-corrected chi connectivity index (χ3v) is 6.49. The predicted molar refractivity (Wildman–Crippen MR) is 139 cm³/mol. The van der Waals surface area contributed by atoms with Crippen LogP contribution >= 0.6 is 0 Å². The number of alkyl halides is 2. The Morgan fingerprint density at radius 2 is 1.84 bits per heavy atom. The van der Waals surface area contributed by atoms with Gasteiger partial charge in [0.1, 0.15) is 11.3 Å². The van der Waals surface area contributed by atoms with Crippen LogP contribution in [0.1, 0.15) is 78.6 Å². The Morgan fingerprint density at radius 3 is 2.45 bits per heavy atom. The lowest BCUT2D eigenvalue weighted by molar-refractivity contribution is -0.112. The number of hydrogen-bond donors (Lipinski definition) is 2. The monoisotopic (exact) mass is 530 g/mol. The Hall–Kier alpha value is -3.56. The fourth-order valence-electron chi connectivity index (χ4n) is 4.35. The highest BCUT2D eigenvalue weighted by Gasteiger charge is 2.46. The molecule has 1 fully saturated rings. The summed E-state index contributed by atoms with van der Waals surface area (Å²) in [5, 5.41) is 5.22. The first-order chi connectivity index (χ1) is 17.8. The van der Waals surface area contributed by atoms with E-state index in [2.05, 4.69) is 15.6 Å². The topological polar surface area (TPSA) is 101 Å². The number of piperidine rings is 1. The molecule has 1 aromatic heterocycles. The van der Waals surface area contributed by atoms with E-state index in [0.29, 0.717) is 5.69 Å². The quantitative estimate of drug-likeness (QED) is 0.545. The van der Waals surface area contributed by atoms with Crippen molar-refractivity contribution in [3.05, 3.63) is 65.0 Å². The zero-order valence-electron chi connectivity index (χ0n) is 22.5.